The number of benzene rings is 2. The molecule has 0 saturated carbocycles. The molecule has 0 unspecified atom stereocenters. The number of nitrogens with zero attached hydrogens (tertiary/aromatic N) is 2. The lowest BCUT2D eigenvalue weighted by atomic mass is 9.98. The van der Waals surface area contributed by atoms with Gasteiger partial charge in [-0.25, -0.2) is 12.7 Å². The van der Waals surface area contributed by atoms with Gasteiger partial charge in [0, 0.05) is 18.2 Å². The van der Waals surface area contributed by atoms with E-state index in [2.05, 4.69) is 5.16 Å². The Hall–Kier alpha value is -2.77. The summed E-state index contributed by atoms with van der Waals surface area (Å²) in [7, 11) is -6.22. The summed E-state index contributed by atoms with van der Waals surface area (Å²) in [5, 5.41) is 3.92. The predicted octanol–water partition coefficient (Wildman–Crippen LogP) is 3.95. The summed E-state index contributed by atoms with van der Waals surface area (Å²) in [5.41, 5.74) is 3.71. The van der Waals surface area contributed by atoms with Gasteiger partial charge in [0.15, 0.2) is 0 Å². The van der Waals surface area contributed by atoms with Gasteiger partial charge in [-0.1, -0.05) is 41.6 Å². The van der Waals surface area contributed by atoms with Crippen LogP contribution in [0.3, 0.4) is 0 Å². The van der Waals surface area contributed by atoms with Crippen LogP contribution < -0.4 is 4.31 Å². The van der Waals surface area contributed by atoms with Gasteiger partial charge in [-0.3, -0.25) is 4.18 Å². The zero-order chi connectivity index (χ0) is 27.2. The third-order valence-electron chi connectivity index (χ3n) is 5.79. The van der Waals surface area contributed by atoms with E-state index < -0.39 is 20.1 Å². The summed E-state index contributed by atoms with van der Waals surface area (Å²) >= 11 is 0. The highest BCUT2D eigenvalue weighted by Crippen LogP contribution is 2.35. The molecule has 0 aliphatic heterocycles. The highest BCUT2D eigenvalue weighted by molar-refractivity contribution is 7.93. The molecule has 0 radical (unpaired) electrons. The smallest absolute Gasteiger partial charge is 0.269 e. The zero-order valence-corrected chi connectivity index (χ0v) is 23.2. The van der Waals surface area contributed by atoms with Crippen molar-refractivity contribution < 1.29 is 35.0 Å². The first-order chi connectivity index (χ1) is 17.5. The first-order valence-corrected chi connectivity index (χ1v) is 14.6. The molecule has 12 heteroatoms. The second-order valence-electron chi connectivity index (χ2n) is 8.34. The van der Waals surface area contributed by atoms with Gasteiger partial charge in [-0.15, -0.1) is 0 Å². The van der Waals surface area contributed by atoms with Crippen molar-refractivity contribution in [2.24, 2.45) is 0 Å². The van der Waals surface area contributed by atoms with E-state index in [1.807, 2.05) is 6.92 Å². The van der Waals surface area contributed by atoms with Gasteiger partial charge in [0.25, 0.3) is 20.1 Å². The van der Waals surface area contributed by atoms with Crippen LogP contribution in [0.4, 0.5) is 5.88 Å². The van der Waals surface area contributed by atoms with Crippen LogP contribution >= 0.6 is 0 Å². The zero-order valence-electron chi connectivity index (χ0n) is 21.6. The van der Waals surface area contributed by atoms with Gasteiger partial charge >= 0.3 is 0 Å². The van der Waals surface area contributed by atoms with Crippen molar-refractivity contribution in [3.8, 4) is 11.1 Å². The maximum Gasteiger partial charge on any atom is 0.269 e. The molecule has 0 amide bonds. The summed E-state index contributed by atoms with van der Waals surface area (Å²) in [5.74, 6) is -0.0448. The Bertz CT molecular complexity index is 1430. The van der Waals surface area contributed by atoms with Gasteiger partial charge < -0.3 is 14.0 Å². The van der Waals surface area contributed by atoms with E-state index in [1.165, 1.54) is 20.1 Å². The number of ether oxygens (including phenoxy) is 2. The number of rotatable bonds is 13. The van der Waals surface area contributed by atoms with Crippen molar-refractivity contribution in [3.63, 3.8) is 0 Å². The lowest BCUT2D eigenvalue weighted by Gasteiger charge is -2.23. The van der Waals surface area contributed by atoms with Crippen molar-refractivity contribution in [2.75, 3.05) is 37.1 Å². The van der Waals surface area contributed by atoms with E-state index in [1.54, 1.807) is 50.2 Å². The lowest BCUT2D eigenvalue weighted by molar-refractivity contribution is 0.0744. The summed E-state index contributed by atoms with van der Waals surface area (Å²) < 4.78 is 73.5. The summed E-state index contributed by atoms with van der Waals surface area (Å²) in [6.45, 7) is 6.88. The standard InChI is InChI=1S/C25H32N2O8S2/c1-6-36(28,29)34-16-21-11-12-22(18(2)15-21)23-9-7-8-10-24(23)37(30,31)27(17-33-14-13-32-5)25-19(3)20(4)26-35-25/h7-12,15H,6,13-14,16-17H2,1-5H3. The Labute approximate surface area is 218 Å². The molecule has 3 aromatic rings. The minimum absolute atomic E-state index is 0.0551. The number of aromatic nitrogens is 1. The Kier molecular flexibility index (Phi) is 9.48. The Morgan fingerprint density at radius 2 is 1.70 bits per heavy atom. The summed E-state index contributed by atoms with van der Waals surface area (Å²) in [6, 6.07) is 11.9. The number of sulfonamides is 1. The number of hydrogen-bond donors (Lipinski definition) is 0. The topological polar surface area (TPSA) is 125 Å². The highest BCUT2D eigenvalue weighted by Gasteiger charge is 2.32. The predicted molar refractivity (Wildman–Crippen MR) is 139 cm³/mol. The second kappa shape index (κ2) is 12.2. The molecule has 0 atom stereocenters. The number of methoxy groups -OCH3 is 1. The van der Waals surface area contributed by atoms with Crippen LogP contribution in [0.15, 0.2) is 51.9 Å². The Balaban J connectivity index is 2.02. The molecular formula is C25H32N2O8S2. The van der Waals surface area contributed by atoms with Crippen LogP contribution in [-0.2, 0) is 40.4 Å². The van der Waals surface area contributed by atoms with Crippen LogP contribution in [0, 0.1) is 20.8 Å². The fraction of sp³-hybridized carbons (Fsp3) is 0.400. The Morgan fingerprint density at radius 1 is 0.973 bits per heavy atom. The maximum atomic E-state index is 14.0. The van der Waals surface area contributed by atoms with Crippen LogP contribution in [0.1, 0.15) is 29.3 Å². The van der Waals surface area contributed by atoms with E-state index >= 15 is 0 Å². The third kappa shape index (κ3) is 6.76. The van der Waals surface area contributed by atoms with Crippen molar-refractivity contribution >= 4 is 26.0 Å². The molecule has 0 aliphatic rings. The minimum atomic E-state index is -4.16. The van der Waals surface area contributed by atoms with E-state index in [0.717, 1.165) is 9.87 Å². The molecule has 0 bridgehead atoms. The fourth-order valence-corrected chi connectivity index (χ4v) is 5.58. The molecule has 0 fully saturated rings. The highest BCUT2D eigenvalue weighted by atomic mass is 32.2. The third-order valence-corrected chi connectivity index (χ3v) is 8.74. The van der Waals surface area contributed by atoms with Crippen LogP contribution in [0.25, 0.3) is 11.1 Å². The monoisotopic (exact) mass is 552 g/mol. The van der Waals surface area contributed by atoms with Gasteiger partial charge in [0.05, 0.1) is 36.2 Å². The van der Waals surface area contributed by atoms with E-state index in [-0.39, 0.29) is 36.5 Å². The second-order valence-corrected chi connectivity index (χ2v) is 12.1. The molecule has 1 aromatic heterocycles. The van der Waals surface area contributed by atoms with Crippen molar-refractivity contribution in [1.29, 1.82) is 0 Å². The molecular weight excluding hydrogens is 520 g/mol. The molecule has 1 heterocycles. The van der Waals surface area contributed by atoms with Crippen LogP contribution in [-0.4, -0.2) is 54.8 Å². The van der Waals surface area contributed by atoms with Gasteiger partial charge in [-0.2, -0.15) is 8.42 Å². The molecule has 3 rings (SSSR count). The molecule has 37 heavy (non-hydrogen) atoms. The number of anilines is 1. The largest absolute Gasteiger partial charge is 0.382 e. The molecule has 10 nitrogen and oxygen atoms in total. The first kappa shape index (κ1) is 28.8. The maximum absolute atomic E-state index is 14.0. The van der Waals surface area contributed by atoms with Gasteiger partial charge in [0.1, 0.15) is 6.73 Å². The van der Waals surface area contributed by atoms with E-state index in [4.69, 9.17) is 18.2 Å². The lowest BCUT2D eigenvalue weighted by Crippen LogP contribution is -2.34. The molecule has 0 spiro atoms. The minimum Gasteiger partial charge on any atom is -0.382 e. The van der Waals surface area contributed by atoms with Gasteiger partial charge in [0.2, 0.25) is 5.88 Å². The van der Waals surface area contributed by atoms with Crippen molar-refractivity contribution in [1.82, 2.24) is 5.16 Å². The molecule has 0 N–H and O–H groups in total. The fourth-order valence-electron chi connectivity index (χ4n) is 3.55. The first-order valence-electron chi connectivity index (χ1n) is 11.6. The SMILES string of the molecule is CCS(=O)(=O)OCc1ccc(-c2ccccc2S(=O)(=O)N(COCCOC)c2onc(C)c2C)c(C)c1. The molecule has 2 aromatic carbocycles. The van der Waals surface area contributed by atoms with Crippen molar-refractivity contribution in [3.05, 3.63) is 64.8 Å². The normalized spacial score (nSPS) is 12.1. The number of aryl methyl sites for hydroxylation is 2. The molecule has 202 valence electrons. The van der Waals surface area contributed by atoms with E-state index in [9.17, 15) is 16.8 Å². The van der Waals surface area contributed by atoms with Crippen LogP contribution in [0.5, 0.6) is 0 Å². The van der Waals surface area contributed by atoms with Gasteiger partial charge in [-0.05, 0) is 50.5 Å². The average molecular weight is 553 g/mol. The van der Waals surface area contributed by atoms with Crippen LogP contribution in [0.2, 0.25) is 0 Å². The number of hydrogen-bond acceptors (Lipinski definition) is 9. The average Bonchev–Trinajstić information content (AvgIpc) is 3.20. The summed E-state index contributed by atoms with van der Waals surface area (Å²) in [4.78, 5) is 0.0551. The quantitative estimate of drug-likeness (QED) is 0.176. The van der Waals surface area contributed by atoms with Crippen molar-refractivity contribution in [2.45, 2.75) is 39.2 Å². The molecule has 0 saturated heterocycles. The molecule has 0 aliphatic carbocycles. The Morgan fingerprint density at radius 3 is 2.32 bits per heavy atom. The van der Waals surface area contributed by atoms with E-state index in [0.29, 0.717) is 34.6 Å². The summed E-state index contributed by atoms with van der Waals surface area (Å²) in [6.07, 6.45) is 0.